The Morgan fingerprint density at radius 1 is 1.15 bits per heavy atom. The lowest BCUT2D eigenvalue weighted by molar-refractivity contribution is 0.180. The van der Waals surface area contributed by atoms with Gasteiger partial charge in [0.15, 0.2) is 0 Å². The fourth-order valence-corrected chi connectivity index (χ4v) is 4.08. The van der Waals surface area contributed by atoms with E-state index in [4.69, 9.17) is 5.73 Å². The van der Waals surface area contributed by atoms with E-state index in [-0.39, 0.29) is 11.9 Å². The molecule has 1 saturated carbocycles. The van der Waals surface area contributed by atoms with E-state index < -0.39 is 0 Å². The molecule has 0 bridgehead atoms. The van der Waals surface area contributed by atoms with Gasteiger partial charge in [0, 0.05) is 24.2 Å². The van der Waals surface area contributed by atoms with Crippen LogP contribution in [-0.4, -0.2) is 24.0 Å². The van der Waals surface area contributed by atoms with Crippen LogP contribution in [0.25, 0.3) is 0 Å². The summed E-state index contributed by atoms with van der Waals surface area (Å²) in [6.45, 7) is 1.92. The quantitative estimate of drug-likeness (QED) is 0.912. The fraction of sp³-hybridized carbons (Fsp3) is 0.647. The molecule has 2 atom stereocenters. The van der Waals surface area contributed by atoms with E-state index in [0.29, 0.717) is 11.6 Å². The standard InChI is InChI=1S/C17H25FN2/c18-15-9-4-3-8-14(15)16(19)12-20-11-5-10-17(20)13-6-1-2-7-13/h3-4,8-9,13,16-17H,1-2,5-7,10-12,19H2. The van der Waals surface area contributed by atoms with Crippen LogP contribution in [0.15, 0.2) is 24.3 Å². The maximum Gasteiger partial charge on any atom is 0.128 e. The third kappa shape index (κ3) is 2.89. The molecule has 110 valence electrons. The molecular weight excluding hydrogens is 251 g/mol. The first-order valence-corrected chi connectivity index (χ1v) is 8.00. The summed E-state index contributed by atoms with van der Waals surface area (Å²) in [5, 5.41) is 0. The summed E-state index contributed by atoms with van der Waals surface area (Å²) in [5.41, 5.74) is 6.91. The van der Waals surface area contributed by atoms with Crippen LogP contribution < -0.4 is 5.73 Å². The lowest BCUT2D eigenvalue weighted by atomic mass is 9.95. The van der Waals surface area contributed by atoms with Crippen molar-refractivity contribution in [1.29, 1.82) is 0 Å². The molecule has 0 spiro atoms. The van der Waals surface area contributed by atoms with Crippen LogP contribution in [0.4, 0.5) is 4.39 Å². The monoisotopic (exact) mass is 276 g/mol. The lowest BCUT2D eigenvalue weighted by Crippen LogP contribution is -2.39. The topological polar surface area (TPSA) is 29.3 Å². The SMILES string of the molecule is NC(CN1CCCC1C1CCCC1)c1ccccc1F. The van der Waals surface area contributed by atoms with E-state index in [9.17, 15) is 4.39 Å². The number of rotatable bonds is 4. The third-order valence-electron chi connectivity index (χ3n) is 5.09. The molecule has 2 aliphatic rings. The van der Waals surface area contributed by atoms with Crippen molar-refractivity contribution in [2.45, 2.75) is 50.6 Å². The van der Waals surface area contributed by atoms with Crippen LogP contribution >= 0.6 is 0 Å². The summed E-state index contributed by atoms with van der Waals surface area (Å²) in [5.74, 6) is 0.682. The van der Waals surface area contributed by atoms with Crippen LogP contribution in [0.2, 0.25) is 0 Å². The predicted octanol–water partition coefficient (Wildman–Crippen LogP) is 3.48. The van der Waals surface area contributed by atoms with Gasteiger partial charge in [-0.3, -0.25) is 4.90 Å². The Kier molecular flexibility index (Phi) is 4.37. The Morgan fingerprint density at radius 2 is 1.90 bits per heavy atom. The van der Waals surface area contributed by atoms with Crippen molar-refractivity contribution in [1.82, 2.24) is 4.90 Å². The number of halogens is 1. The van der Waals surface area contributed by atoms with E-state index in [0.717, 1.165) is 19.0 Å². The Labute approximate surface area is 121 Å². The minimum atomic E-state index is -0.210. The molecule has 0 amide bonds. The third-order valence-corrected chi connectivity index (χ3v) is 5.09. The molecule has 1 heterocycles. The van der Waals surface area contributed by atoms with Gasteiger partial charge in [0.05, 0.1) is 0 Å². The number of hydrogen-bond acceptors (Lipinski definition) is 2. The summed E-state index contributed by atoms with van der Waals surface area (Å²) in [4.78, 5) is 2.52. The van der Waals surface area contributed by atoms with Crippen molar-refractivity contribution in [3.63, 3.8) is 0 Å². The van der Waals surface area contributed by atoms with Crippen LogP contribution in [0.5, 0.6) is 0 Å². The minimum Gasteiger partial charge on any atom is -0.323 e. The summed E-state index contributed by atoms with van der Waals surface area (Å²) in [6.07, 6.45) is 8.08. The highest BCUT2D eigenvalue weighted by atomic mass is 19.1. The summed E-state index contributed by atoms with van der Waals surface area (Å²) < 4.78 is 13.8. The molecule has 3 rings (SSSR count). The highest BCUT2D eigenvalue weighted by Crippen LogP contribution is 2.36. The first-order valence-electron chi connectivity index (χ1n) is 8.00. The molecule has 1 aromatic rings. The fourth-order valence-electron chi connectivity index (χ4n) is 4.08. The average Bonchev–Trinajstić information content (AvgIpc) is 3.09. The second kappa shape index (κ2) is 6.23. The number of benzene rings is 1. The van der Waals surface area contributed by atoms with Gasteiger partial charge in [0.1, 0.15) is 5.82 Å². The second-order valence-electron chi connectivity index (χ2n) is 6.38. The maximum absolute atomic E-state index is 13.8. The molecule has 2 nitrogen and oxygen atoms in total. The molecule has 1 aromatic carbocycles. The lowest BCUT2D eigenvalue weighted by Gasteiger charge is -2.31. The van der Waals surface area contributed by atoms with Gasteiger partial charge in [-0.2, -0.15) is 0 Å². The highest BCUT2D eigenvalue weighted by Gasteiger charge is 2.34. The summed E-state index contributed by atoms with van der Waals surface area (Å²) in [6, 6.07) is 7.40. The molecule has 20 heavy (non-hydrogen) atoms. The van der Waals surface area contributed by atoms with E-state index in [2.05, 4.69) is 4.90 Å². The highest BCUT2D eigenvalue weighted by molar-refractivity contribution is 5.21. The summed E-state index contributed by atoms with van der Waals surface area (Å²) in [7, 11) is 0. The Morgan fingerprint density at radius 3 is 2.65 bits per heavy atom. The first-order chi connectivity index (χ1) is 9.75. The first kappa shape index (κ1) is 14.0. The number of nitrogens with two attached hydrogens (primary N) is 1. The zero-order valence-corrected chi connectivity index (χ0v) is 12.1. The van der Waals surface area contributed by atoms with Crippen molar-refractivity contribution in [3.8, 4) is 0 Å². The van der Waals surface area contributed by atoms with Gasteiger partial charge in [0.25, 0.3) is 0 Å². The number of nitrogens with zero attached hydrogens (tertiary/aromatic N) is 1. The molecule has 0 aromatic heterocycles. The molecular formula is C17H25FN2. The van der Waals surface area contributed by atoms with Crippen LogP contribution in [-0.2, 0) is 0 Å². The summed E-state index contributed by atoms with van der Waals surface area (Å²) >= 11 is 0. The van der Waals surface area contributed by atoms with Crippen LogP contribution in [0.3, 0.4) is 0 Å². The normalized spacial score (nSPS) is 26.2. The smallest absolute Gasteiger partial charge is 0.128 e. The van der Waals surface area contributed by atoms with Crippen molar-refractivity contribution < 1.29 is 4.39 Å². The molecule has 2 unspecified atom stereocenters. The van der Waals surface area contributed by atoms with Gasteiger partial charge in [0.2, 0.25) is 0 Å². The van der Waals surface area contributed by atoms with Gasteiger partial charge < -0.3 is 5.73 Å². The van der Waals surface area contributed by atoms with Gasteiger partial charge >= 0.3 is 0 Å². The van der Waals surface area contributed by atoms with Crippen molar-refractivity contribution in [2.75, 3.05) is 13.1 Å². The van der Waals surface area contributed by atoms with E-state index in [1.165, 1.54) is 44.6 Å². The van der Waals surface area contributed by atoms with E-state index >= 15 is 0 Å². The maximum atomic E-state index is 13.8. The van der Waals surface area contributed by atoms with Crippen LogP contribution in [0, 0.1) is 11.7 Å². The Bertz CT molecular complexity index is 442. The molecule has 3 heteroatoms. The average molecular weight is 276 g/mol. The predicted molar refractivity (Wildman–Crippen MR) is 79.9 cm³/mol. The largest absolute Gasteiger partial charge is 0.323 e. The van der Waals surface area contributed by atoms with E-state index in [1.807, 2.05) is 12.1 Å². The number of likely N-dealkylation sites (tertiary alicyclic amines) is 1. The molecule has 2 N–H and O–H groups in total. The van der Waals surface area contributed by atoms with Gasteiger partial charge in [-0.05, 0) is 44.2 Å². The van der Waals surface area contributed by atoms with Gasteiger partial charge in [-0.25, -0.2) is 4.39 Å². The molecule has 0 radical (unpaired) electrons. The minimum absolute atomic E-state index is 0.170. The molecule has 2 fully saturated rings. The number of hydrogen-bond donors (Lipinski definition) is 1. The van der Waals surface area contributed by atoms with Gasteiger partial charge in [-0.15, -0.1) is 0 Å². The second-order valence-corrected chi connectivity index (χ2v) is 6.38. The van der Waals surface area contributed by atoms with Gasteiger partial charge in [-0.1, -0.05) is 31.0 Å². The molecule has 1 aliphatic heterocycles. The zero-order valence-electron chi connectivity index (χ0n) is 12.1. The Balaban J connectivity index is 1.65. The molecule has 1 aliphatic carbocycles. The zero-order chi connectivity index (χ0) is 13.9. The van der Waals surface area contributed by atoms with E-state index in [1.54, 1.807) is 6.07 Å². The van der Waals surface area contributed by atoms with Crippen molar-refractivity contribution in [2.24, 2.45) is 11.7 Å². The van der Waals surface area contributed by atoms with Crippen molar-refractivity contribution >= 4 is 0 Å². The van der Waals surface area contributed by atoms with Crippen LogP contribution in [0.1, 0.15) is 50.1 Å². The molecule has 1 saturated heterocycles. The van der Waals surface area contributed by atoms with Crippen molar-refractivity contribution in [3.05, 3.63) is 35.6 Å². The Hall–Kier alpha value is -0.930.